The molecule has 106 heavy (non-hydrogen) atoms. The van der Waals surface area contributed by atoms with Crippen LogP contribution >= 0.6 is 11.6 Å². The van der Waals surface area contributed by atoms with Crippen molar-refractivity contribution in [2.75, 3.05) is 96.2 Å². The number of likely N-dealkylation sites (N-methyl/N-ethyl adjacent to an activating group) is 8. The molecular formula is C75H113ClF5N13O12. The van der Waals surface area contributed by atoms with E-state index >= 15 is 32.8 Å². The Labute approximate surface area is 626 Å². The van der Waals surface area contributed by atoms with Crippen molar-refractivity contribution in [2.45, 2.75) is 212 Å². The number of hydrogen-bond donors (Lipinski definition) is 3. The second-order valence-corrected chi connectivity index (χ2v) is 30.6. The largest absolute Gasteiger partial charge is 0.417 e. The average Bonchev–Trinajstić information content (AvgIpc) is 0.785. The number of aryl methyl sites for hydroxylation is 2. The molecule has 3 saturated heterocycles. The quantitative estimate of drug-likeness (QED) is 0.169. The molecule has 3 aliphatic heterocycles. The number of nitrogens with zero attached hydrogens (tertiary/aromatic N) is 10. The molecule has 12 amide bonds. The minimum Gasteiger partial charge on any atom is -0.347 e. The molecule has 3 aliphatic rings. The van der Waals surface area contributed by atoms with E-state index in [-0.39, 0.29) is 82.5 Å². The van der Waals surface area contributed by atoms with Crippen LogP contribution in [0.4, 0.5) is 22.0 Å². The first-order valence-corrected chi connectivity index (χ1v) is 37.0. The van der Waals surface area contributed by atoms with Crippen LogP contribution < -0.4 is 16.0 Å². The molecule has 0 bridgehead atoms. The molecule has 25 nitrogen and oxygen atoms in total. The second kappa shape index (κ2) is 38.2. The van der Waals surface area contributed by atoms with Crippen LogP contribution in [0.1, 0.15) is 142 Å². The number of rotatable bonds is 16. The summed E-state index contributed by atoms with van der Waals surface area (Å²) in [4.78, 5) is 191. The predicted molar refractivity (Wildman–Crippen MR) is 390 cm³/mol. The molecule has 1 unspecified atom stereocenters. The van der Waals surface area contributed by atoms with Gasteiger partial charge in [0.05, 0.1) is 30.1 Å². The summed E-state index contributed by atoms with van der Waals surface area (Å²) in [5.74, 6) is -14.7. The summed E-state index contributed by atoms with van der Waals surface area (Å²) >= 11 is 6.16. The van der Waals surface area contributed by atoms with Crippen LogP contribution in [0.5, 0.6) is 0 Å². The maximum absolute atomic E-state index is 15.4. The minimum atomic E-state index is -4.83. The first-order chi connectivity index (χ1) is 49.3. The zero-order chi connectivity index (χ0) is 80.1. The van der Waals surface area contributed by atoms with Crippen molar-refractivity contribution in [3.63, 3.8) is 0 Å². The van der Waals surface area contributed by atoms with Gasteiger partial charge in [-0.25, -0.2) is 8.78 Å². The second-order valence-electron chi connectivity index (χ2n) is 30.2. The van der Waals surface area contributed by atoms with Crippen molar-refractivity contribution in [3.8, 4) is 0 Å². The van der Waals surface area contributed by atoms with Crippen molar-refractivity contribution >= 4 is 82.5 Å². The highest BCUT2D eigenvalue weighted by molar-refractivity contribution is 6.31. The number of hydrogen-bond acceptors (Lipinski definition) is 13. The zero-order valence-corrected chi connectivity index (χ0v) is 65.8. The molecule has 0 aliphatic carbocycles. The van der Waals surface area contributed by atoms with Crippen LogP contribution in [-0.4, -0.2) is 282 Å². The average molecular weight is 1520 g/mol. The van der Waals surface area contributed by atoms with Gasteiger partial charge in [-0.05, 0) is 106 Å². The molecule has 2 aromatic rings. The lowest BCUT2D eigenvalue weighted by Crippen LogP contribution is -2.65. The summed E-state index contributed by atoms with van der Waals surface area (Å²) in [6, 6.07) is -3.85. The fraction of sp³-hybridized carbons (Fsp3) is 0.680. The van der Waals surface area contributed by atoms with Crippen LogP contribution in [0.3, 0.4) is 0 Å². The third-order valence-electron chi connectivity index (χ3n) is 21.3. The van der Waals surface area contributed by atoms with Gasteiger partial charge in [0.1, 0.15) is 60.4 Å². The van der Waals surface area contributed by atoms with Gasteiger partial charge in [0.15, 0.2) is 0 Å². The molecule has 592 valence electrons. The van der Waals surface area contributed by atoms with E-state index in [2.05, 4.69) is 16.0 Å². The monoisotopic (exact) mass is 1520 g/mol. The fourth-order valence-electron chi connectivity index (χ4n) is 13.7. The maximum atomic E-state index is 15.4. The fourth-order valence-corrected chi connectivity index (χ4v) is 14.0. The van der Waals surface area contributed by atoms with Gasteiger partial charge in [0.2, 0.25) is 70.9 Å². The molecule has 12 atom stereocenters. The molecule has 0 aromatic heterocycles. The van der Waals surface area contributed by atoms with Gasteiger partial charge in [0.25, 0.3) is 5.92 Å². The van der Waals surface area contributed by atoms with Gasteiger partial charge in [-0.2, -0.15) is 13.2 Å². The first kappa shape index (κ1) is 88.6. The number of carbonyl (C=O) groups is 12. The van der Waals surface area contributed by atoms with Crippen molar-refractivity contribution in [3.05, 3.63) is 69.7 Å². The molecule has 0 radical (unpaired) electrons. The van der Waals surface area contributed by atoms with E-state index < -0.39 is 198 Å². The van der Waals surface area contributed by atoms with Crippen LogP contribution in [0.2, 0.25) is 5.02 Å². The molecule has 0 saturated carbocycles. The van der Waals surface area contributed by atoms with Crippen LogP contribution in [-0.2, 0) is 76.6 Å². The topological polar surface area (TPSA) is 273 Å². The Morgan fingerprint density at radius 3 is 1.76 bits per heavy atom. The molecule has 3 heterocycles. The Hall–Kier alpha value is -8.02. The van der Waals surface area contributed by atoms with Crippen LogP contribution in [0.25, 0.3) is 0 Å². The minimum absolute atomic E-state index is 0.0652. The number of amides is 12. The lowest BCUT2D eigenvalue weighted by atomic mass is 9.93. The van der Waals surface area contributed by atoms with E-state index in [0.717, 1.165) is 48.3 Å². The number of halogens is 6. The first-order valence-electron chi connectivity index (χ1n) is 36.6. The van der Waals surface area contributed by atoms with E-state index in [4.69, 9.17) is 11.6 Å². The Morgan fingerprint density at radius 2 is 1.23 bits per heavy atom. The number of carbonyl (C=O) groups excluding carboxylic acids is 12. The summed E-state index contributed by atoms with van der Waals surface area (Å²) in [5.41, 5.74) is 0.539. The Kier molecular flexibility index (Phi) is 31.9. The number of nitrogens with one attached hydrogen (secondary N) is 3. The molecule has 3 N–H and O–H groups in total. The lowest BCUT2D eigenvalue weighted by molar-refractivity contribution is -0.160. The van der Waals surface area contributed by atoms with E-state index in [1.54, 1.807) is 65.8 Å². The molecule has 2 aromatic carbocycles. The van der Waals surface area contributed by atoms with Gasteiger partial charge < -0.3 is 60.0 Å². The Bertz CT molecular complexity index is 3480. The van der Waals surface area contributed by atoms with E-state index in [9.17, 15) is 46.7 Å². The van der Waals surface area contributed by atoms with Crippen molar-refractivity contribution in [1.82, 2.24) is 64.9 Å². The smallest absolute Gasteiger partial charge is 0.347 e. The normalized spacial score (nSPS) is 25.9. The van der Waals surface area contributed by atoms with Crippen LogP contribution in [0.15, 0.2) is 42.5 Å². The molecule has 5 rings (SSSR count). The molecule has 3 fully saturated rings. The number of piperidine rings is 1. The Morgan fingerprint density at radius 1 is 0.651 bits per heavy atom. The van der Waals surface area contributed by atoms with Gasteiger partial charge in [-0.1, -0.05) is 116 Å². The molecular weight excluding hydrogens is 1410 g/mol. The van der Waals surface area contributed by atoms with Gasteiger partial charge in [0, 0.05) is 89.4 Å². The summed E-state index contributed by atoms with van der Waals surface area (Å²) < 4.78 is 72.0. The van der Waals surface area contributed by atoms with Crippen LogP contribution in [0, 0.1) is 30.6 Å². The van der Waals surface area contributed by atoms with Gasteiger partial charge in [-0.15, -0.1) is 0 Å². The van der Waals surface area contributed by atoms with Gasteiger partial charge >= 0.3 is 6.18 Å². The summed E-state index contributed by atoms with van der Waals surface area (Å²) in [6.45, 7) is 15.8. The zero-order valence-electron chi connectivity index (χ0n) is 65.1. The Balaban J connectivity index is 1.71. The highest BCUT2D eigenvalue weighted by atomic mass is 35.5. The molecule has 0 spiro atoms. The highest BCUT2D eigenvalue weighted by Crippen LogP contribution is 2.36. The highest BCUT2D eigenvalue weighted by Gasteiger charge is 2.48. The third-order valence-corrected chi connectivity index (χ3v) is 21.6. The summed E-state index contributed by atoms with van der Waals surface area (Å²) in [5, 5.41) is 7.67. The number of likely N-dealkylation sites (tertiary alicyclic amines) is 1. The summed E-state index contributed by atoms with van der Waals surface area (Å²) in [6.07, 6.45) is -5.97. The van der Waals surface area contributed by atoms with E-state index in [1.807, 2.05) is 20.8 Å². The van der Waals surface area contributed by atoms with Crippen molar-refractivity contribution < 1.29 is 79.5 Å². The molecule has 31 heteroatoms. The predicted octanol–water partition coefficient (Wildman–Crippen LogP) is 5.75. The number of alkyl halides is 5. The number of fused-ring (bicyclic) bond motifs is 1. The van der Waals surface area contributed by atoms with Crippen molar-refractivity contribution in [1.29, 1.82) is 0 Å². The third kappa shape index (κ3) is 22.5. The van der Waals surface area contributed by atoms with E-state index in [0.29, 0.717) is 12.0 Å². The van der Waals surface area contributed by atoms with Gasteiger partial charge in [-0.3, -0.25) is 62.4 Å². The maximum Gasteiger partial charge on any atom is 0.417 e. The lowest BCUT2D eigenvalue weighted by Gasteiger charge is -2.45. The number of benzene rings is 2. The standard InChI is InChI=1S/C75H113ClF5N13O12/c1-20-46(8)62-72(105)87(14)48(10)66(99)94-36-32-55(94)70(103)90(17)57(39-50-25-23-45(7)24-26-50)69(102)86(13)41-59(95)82-53(30-28-49-27-29-51(52(76)38-49)75(79,80)81)67(100)89(16)54(31-35-93-34-22-33-74(77,78)42-93)64(97)83-61(44(5)6)71(104)92(19)63(47(9)21-2)73(106)91(18)58(68(101)85(11)12)40-60(96)88(15)56(37-43(3)4)65(98)84-62/h23-27,29,38,43-44,46-48,53-58,61-63H,20-22,28,30-37,39-42H2,1-19H3,(H,82,95)(H,83,97)(H,84,98)/t46-,47-,48-,53-,54-,55?,56-,57-,58-,61-,62-,63-/m0/s1. The van der Waals surface area contributed by atoms with Crippen molar-refractivity contribution in [2.24, 2.45) is 23.7 Å². The SMILES string of the molecule is CC[C@H](C)[C@@H]1NC(=O)[C@H](CC(C)C)N(C)C(=O)C[C@@H](C(=O)N(C)C)N(C)C(=O)[C@H]([C@@H](C)CC)N(C)C(=O)[C@H](C(C)C)NC(=O)[C@H](CCN2CCCC(F)(F)C2)N(C)C(=O)[C@H](CCc2ccc(C(F)(F)F)c(Cl)c2)NC(=O)CN(C)C(=O)[C@H](Cc2ccc(C)cc2)N(C)C(=O)C2CCN2C(=O)[C@H](C)N(C)C1=O. The summed E-state index contributed by atoms with van der Waals surface area (Å²) in [7, 11) is 12.1. The van der Waals surface area contributed by atoms with E-state index in [1.165, 1.54) is 94.9 Å².